The first-order valence-electron chi connectivity index (χ1n) is 6.22. The normalized spacial score (nSPS) is 12.2. The molecule has 0 saturated heterocycles. The molecule has 0 aliphatic carbocycles. The molecular weight excluding hydrogens is 222 g/mol. The lowest BCUT2D eigenvalue weighted by molar-refractivity contribution is -0.160. The second kappa shape index (κ2) is 10.2. The molecule has 0 aliphatic rings. The van der Waals surface area contributed by atoms with Crippen molar-refractivity contribution >= 4 is 11.9 Å². The van der Waals surface area contributed by atoms with Crippen LogP contribution in [0.4, 0.5) is 0 Å². The zero-order valence-electron chi connectivity index (χ0n) is 10.5. The van der Waals surface area contributed by atoms with Crippen LogP contribution in [-0.2, 0) is 14.3 Å². The summed E-state index contributed by atoms with van der Waals surface area (Å²) in [6.07, 6.45) is 5.49. The topological polar surface area (TPSA) is 89.6 Å². The summed E-state index contributed by atoms with van der Waals surface area (Å²) in [7, 11) is 0. The first-order valence-corrected chi connectivity index (χ1v) is 6.22. The number of carbonyl (C=O) groups is 2. The summed E-state index contributed by atoms with van der Waals surface area (Å²) in [5, 5.41) is 8.57. The van der Waals surface area contributed by atoms with Crippen LogP contribution in [0.15, 0.2) is 0 Å². The van der Waals surface area contributed by atoms with E-state index < -0.39 is 18.0 Å². The van der Waals surface area contributed by atoms with E-state index in [-0.39, 0.29) is 19.4 Å². The van der Waals surface area contributed by atoms with E-state index in [9.17, 15) is 9.59 Å². The summed E-state index contributed by atoms with van der Waals surface area (Å²) in [5.41, 5.74) is 5.38. The fraction of sp³-hybridized carbons (Fsp3) is 0.833. The van der Waals surface area contributed by atoms with E-state index >= 15 is 0 Å². The van der Waals surface area contributed by atoms with E-state index in [1.165, 1.54) is 0 Å². The molecule has 0 bridgehead atoms. The van der Waals surface area contributed by atoms with Crippen molar-refractivity contribution < 1.29 is 19.4 Å². The zero-order valence-corrected chi connectivity index (χ0v) is 10.5. The standard InChI is InChI=1S/C12H23NO4/c1-2-3-4-5-6-7-11(15)17-12(16)10(13)8-9-14/h10,14H,2-9,13H2,1H3/t10-/m0/s1. The molecule has 0 aromatic rings. The summed E-state index contributed by atoms with van der Waals surface area (Å²) in [6.45, 7) is 1.93. The molecule has 0 unspecified atom stereocenters. The van der Waals surface area contributed by atoms with Crippen LogP contribution < -0.4 is 5.73 Å². The molecule has 0 aliphatic heterocycles. The number of ether oxygens (including phenoxy) is 1. The smallest absolute Gasteiger partial charge is 0.330 e. The molecule has 0 amide bonds. The highest BCUT2D eigenvalue weighted by molar-refractivity contribution is 5.88. The first kappa shape index (κ1) is 16.1. The number of hydrogen-bond acceptors (Lipinski definition) is 5. The molecule has 17 heavy (non-hydrogen) atoms. The molecule has 0 radical (unpaired) electrons. The number of esters is 2. The van der Waals surface area contributed by atoms with Crippen molar-refractivity contribution in [2.24, 2.45) is 5.73 Å². The number of aliphatic hydroxyl groups is 1. The Morgan fingerprint density at radius 1 is 1.24 bits per heavy atom. The van der Waals surface area contributed by atoms with Crippen LogP contribution in [0.5, 0.6) is 0 Å². The Labute approximate surface area is 102 Å². The molecule has 100 valence electrons. The van der Waals surface area contributed by atoms with E-state index in [4.69, 9.17) is 10.8 Å². The fourth-order valence-electron chi connectivity index (χ4n) is 1.37. The number of rotatable bonds is 9. The summed E-state index contributed by atoms with van der Waals surface area (Å²) >= 11 is 0. The minimum atomic E-state index is -0.913. The minimum absolute atomic E-state index is 0.114. The molecule has 0 heterocycles. The maximum Gasteiger partial charge on any atom is 0.330 e. The predicted octanol–water partition coefficient (Wildman–Crippen LogP) is 1.13. The van der Waals surface area contributed by atoms with Crippen molar-refractivity contribution in [1.29, 1.82) is 0 Å². The SMILES string of the molecule is CCCCCCCC(=O)OC(=O)[C@@H](N)CCO. The van der Waals surface area contributed by atoms with Crippen LogP contribution in [0.3, 0.4) is 0 Å². The molecule has 0 saturated carbocycles. The molecule has 5 heteroatoms. The minimum Gasteiger partial charge on any atom is -0.396 e. The quantitative estimate of drug-likeness (QED) is 0.361. The largest absolute Gasteiger partial charge is 0.396 e. The molecule has 0 aromatic carbocycles. The van der Waals surface area contributed by atoms with Crippen molar-refractivity contribution in [3.8, 4) is 0 Å². The average molecular weight is 245 g/mol. The molecular formula is C12H23NO4. The lowest BCUT2D eigenvalue weighted by Gasteiger charge is -2.08. The maximum atomic E-state index is 11.2. The van der Waals surface area contributed by atoms with Crippen molar-refractivity contribution in [2.45, 2.75) is 57.9 Å². The third kappa shape index (κ3) is 8.83. The molecule has 0 rings (SSSR count). The highest BCUT2D eigenvalue weighted by Crippen LogP contribution is 2.06. The molecule has 5 nitrogen and oxygen atoms in total. The van der Waals surface area contributed by atoms with Gasteiger partial charge >= 0.3 is 11.9 Å². The average Bonchev–Trinajstić information content (AvgIpc) is 2.29. The Hall–Kier alpha value is -0.940. The second-order valence-corrected chi connectivity index (χ2v) is 4.08. The Morgan fingerprint density at radius 2 is 1.88 bits per heavy atom. The number of hydrogen-bond donors (Lipinski definition) is 2. The van der Waals surface area contributed by atoms with E-state index in [2.05, 4.69) is 11.7 Å². The van der Waals surface area contributed by atoms with Gasteiger partial charge in [0.1, 0.15) is 6.04 Å². The van der Waals surface area contributed by atoms with Gasteiger partial charge in [-0.2, -0.15) is 0 Å². The zero-order chi connectivity index (χ0) is 13.1. The van der Waals surface area contributed by atoms with Gasteiger partial charge in [-0.15, -0.1) is 0 Å². The van der Waals surface area contributed by atoms with Crippen LogP contribution in [0.1, 0.15) is 51.9 Å². The highest BCUT2D eigenvalue weighted by atomic mass is 16.6. The summed E-state index contributed by atoms with van der Waals surface area (Å²) < 4.78 is 4.56. The number of aliphatic hydroxyl groups excluding tert-OH is 1. The third-order valence-electron chi connectivity index (χ3n) is 2.44. The summed E-state index contributed by atoms with van der Waals surface area (Å²) in [6, 6.07) is -0.913. The first-order chi connectivity index (χ1) is 8.11. The van der Waals surface area contributed by atoms with Gasteiger partial charge in [0.05, 0.1) is 0 Å². The van der Waals surface area contributed by atoms with Gasteiger partial charge in [0.15, 0.2) is 0 Å². The van der Waals surface area contributed by atoms with E-state index in [0.717, 1.165) is 32.1 Å². The van der Waals surface area contributed by atoms with Gasteiger partial charge in [0, 0.05) is 13.0 Å². The van der Waals surface area contributed by atoms with Crippen LogP contribution in [0, 0.1) is 0 Å². The molecule has 0 spiro atoms. The second-order valence-electron chi connectivity index (χ2n) is 4.08. The van der Waals surface area contributed by atoms with E-state index in [1.54, 1.807) is 0 Å². The summed E-state index contributed by atoms with van der Waals surface area (Å²) in [5.74, 6) is -1.28. The Morgan fingerprint density at radius 3 is 2.47 bits per heavy atom. The lowest BCUT2D eigenvalue weighted by atomic mass is 10.1. The van der Waals surface area contributed by atoms with Crippen LogP contribution in [0.25, 0.3) is 0 Å². The van der Waals surface area contributed by atoms with Gasteiger partial charge in [-0.1, -0.05) is 32.6 Å². The molecule has 1 atom stereocenters. The Balaban J connectivity index is 3.60. The molecule has 0 fully saturated rings. The van der Waals surface area contributed by atoms with Gasteiger partial charge in [0.25, 0.3) is 0 Å². The van der Waals surface area contributed by atoms with Crippen molar-refractivity contribution in [3.63, 3.8) is 0 Å². The van der Waals surface area contributed by atoms with Crippen molar-refractivity contribution in [3.05, 3.63) is 0 Å². The van der Waals surface area contributed by atoms with Gasteiger partial charge in [-0.05, 0) is 12.8 Å². The van der Waals surface area contributed by atoms with Crippen LogP contribution in [-0.4, -0.2) is 29.7 Å². The number of nitrogens with two attached hydrogens (primary N) is 1. The monoisotopic (exact) mass is 245 g/mol. The van der Waals surface area contributed by atoms with Crippen LogP contribution in [0.2, 0.25) is 0 Å². The Bertz CT molecular complexity index is 231. The maximum absolute atomic E-state index is 11.2. The molecule has 0 aromatic heterocycles. The van der Waals surface area contributed by atoms with Gasteiger partial charge in [-0.25, -0.2) is 4.79 Å². The lowest BCUT2D eigenvalue weighted by Crippen LogP contribution is -2.34. The summed E-state index contributed by atoms with van der Waals surface area (Å²) in [4.78, 5) is 22.4. The van der Waals surface area contributed by atoms with Crippen molar-refractivity contribution in [1.82, 2.24) is 0 Å². The highest BCUT2D eigenvalue weighted by Gasteiger charge is 2.17. The third-order valence-corrected chi connectivity index (χ3v) is 2.44. The number of carbonyl (C=O) groups excluding carboxylic acids is 2. The van der Waals surface area contributed by atoms with E-state index in [1.807, 2.05) is 0 Å². The predicted molar refractivity (Wildman–Crippen MR) is 64.2 cm³/mol. The Kier molecular flexibility index (Phi) is 9.66. The van der Waals surface area contributed by atoms with E-state index in [0.29, 0.717) is 0 Å². The fourth-order valence-corrected chi connectivity index (χ4v) is 1.37. The number of unbranched alkanes of at least 4 members (excludes halogenated alkanes) is 4. The van der Waals surface area contributed by atoms with Gasteiger partial charge < -0.3 is 15.6 Å². The van der Waals surface area contributed by atoms with Gasteiger partial charge in [0.2, 0.25) is 0 Å². The van der Waals surface area contributed by atoms with Gasteiger partial charge in [-0.3, -0.25) is 4.79 Å². The van der Waals surface area contributed by atoms with Crippen molar-refractivity contribution in [2.75, 3.05) is 6.61 Å². The molecule has 3 N–H and O–H groups in total. The van der Waals surface area contributed by atoms with Crippen LogP contribution >= 0.6 is 0 Å².